The van der Waals surface area contributed by atoms with Crippen molar-refractivity contribution in [1.29, 1.82) is 0 Å². The summed E-state index contributed by atoms with van der Waals surface area (Å²) >= 11 is 3.27. The molecule has 1 aliphatic heterocycles. The summed E-state index contributed by atoms with van der Waals surface area (Å²) in [7, 11) is 0. The Hall–Kier alpha value is -0.610. The molecule has 2 nitrogen and oxygen atoms in total. The number of hydrogen-bond donors (Lipinski definition) is 1. The van der Waals surface area contributed by atoms with Crippen LogP contribution in [-0.2, 0) is 0 Å². The van der Waals surface area contributed by atoms with Gasteiger partial charge in [-0.3, -0.25) is 0 Å². The largest absolute Gasteiger partial charge is 0.369 e. The van der Waals surface area contributed by atoms with Crippen LogP contribution in [0.1, 0.15) is 31.7 Å². The molecule has 3 rings (SSSR count). The molecule has 4 heteroatoms. The van der Waals surface area contributed by atoms with Crippen molar-refractivity contribution in [3.63, 3.8) is 0 Å². The molecule has 1 atom stereocenters. The molecule has 1 aliphatic carbocycles. The van der Waals surface area contributed by atoms with Crippen LogP contribution in [0.5, 0.6) is 0 Å². The molecule has 0 aromatic heterocycles. The molecule has 0 amide bonds. The molecule has 2 fully saturated rings. The number of nitrogens with one attached hydrogen (secondary N) is 1. The van der Waals surface area contributed by atoms with Crippen molar-refractivity contribution >= 4 is 21.6 Å². The SMILES string of the molecule is Cc1cc(Br)c(F)cc1N1CCCNC(C)(C2CC2)C1. The van der Waals surface area contributed by atoms with Crippen molar-refractivity contribution in [2.24, 2.45) is 5.92 Å². The summed E-state index contributed by atoms with van der Waals surface area (Å²) in [6, 6.07) is 3.56. The molecule has 20 heavy (non-hydrogen) atoms. The Morgan fingerprint density at radius 2 is 2.15 bits per heavy atom. The second-order valence-corrected chi connectivity index (χ2v) is 7.30. The molecule has 1 unspecified atom stereocenters. The van der Waals surface area contributed by atoms with Gasteiger partial charge in [0.2, 0.25) is 0 Å². The lowest BCUT2D eigenvalue weighted by molar-refractivity contribution is 0.331. The van der Waals surface area contributed by atoms with E-state index in [2.05, 4.69) is 40.0 Å². The Morgan fingerprint density at radius 3 is 2.85 bits per heavy atom. The third kappa shape index (κ3) is 2.73. The van der Waals surface area contributed by atoms with E-state index < -0.39 is 0 Å². The van der Waals surface area contributed by atoms with Gasteiger partial charge >= 0.3 is 0 Å². The maximum atomic E-state index is 13.9. The zero-order valence-corrected chi connectivity index (χ0v) is 13.8. The molecule has 0 spiro atoms. The fourth-order valence-electron chi connectivity index (χ4n) is 3.35. The zero-order chi connectivity index (χ0) is 14.3. The molecular weight excluding hydrogens is 319 g/mol. The lowest BCUT2D eigenvalue weighted by atomic mass is 9.95. The minimum absolute atomic E-state index is 0.170. The van der Waals surface area contributed by atoms with Crippen LogP contribution < -0.4 is 10.2 Å². The molecule has 0 radical (unpaired) electrons. The molecule has 1 aromatic rings. The summed E-state index contributed by atoms with van der Waals surface area (Å²) in [6.45, 7) is 7.41. The summed E-state index contributed by atoms with van der Waals surface area (Å²) in [5.74, 6) is 0.611. The number of rotatable bonds is 2. The molecule has 1 saturated carbocycles. The average molecular weight is 341 g/mol. The summed E-state index contributed by atoms with van der Waals surface area (Å²) in [5.41, 5.74) is 2.35. The van der Waals surface area contributed by atoms with Gasteiger partial charge < -0.3 is 10.2 Å². The van der Waals surface area contributed by atoms with Crippen LogP contribution in [0.25, 0.3) is 0 Å². The van der Waals surface area contributed by atoms with Crippen molar-refractivity contribution in [3.8, 4) is 0 Å². The second-order valence-electron chi connectivity index (χ2n) is 6.45. The van der Waals surface area contributed by atoms with Gasteiger partial charge in [0.15, 0.2) is 0 Å². The standard InChI is InChI=1S/C16H22BrFN2/c1-11-8-13(17)14(18)9-15(11)20-7-3-6-19-16(2,10-20)12-4-5-12/h8-9,12,19H,3-7,10H2,1-2H3. The Bertz CT molecular complexity index is 515. The van der Waals surface area contributed by atoms with Crippen LogP contribution >= 0.6 is 15.9 Å². The predicted molar refractivity (Wildman–Crippen MR) is 84.8 cm³/mol. The third-order valence-electron chi connectivity index (χ3n) is 4.71. The first-order valence-corrected chi connectivity index (χ1v) is 8.24. The van der Waals surface area contributed by atoms with E-state index in [9.17, 15) is 4.39 Å². The topological polar surface area (TPSA) is 15.3 Å². The van der Waals surface area contributed by atoms with Gasteiger partial charge in [0.05, 0.1) is 4.47 Å². The summed E-state index contributed by atoms with van der Waals surface area (Å²) < 4.78 is 14.4. The first kappa shape index (κ1) is 14.3. The first-order valence-electron chi connectivity index (χ1n) is 7.45. The van der Waals surface area contributed by atoms with E-state index >= 15 is 0 Å². The van der Waals surface area contributed by atoms with Gasteiger partial charge in [-0.2, -0.15) is 0 Å². The normalized spacial score (nSPS) is 27.5. The van der Waals surface area contributed by atoms with Crippen LogP contribution in [0.3, 0.4) is 0 Å². The fourth-order valence-corrected chi connectivity index (χ4v) is 3.81. The van der Waals surface area contributed by atoms with Gasteiger partial charge in [-0.15, -0.1) is 0 Å². The highest BCUT2D eigenvalue weighted by molar-refractivity contribution is 9.10. The lowest BCUT2D eigenvalue weighted by Crippen LogP contribution is -2.51. The van der Waals surface area contributed by atoms with E-state index in [1.54, 1.807) is 6.07 Å². The lowest BCUT2D eigenvalue weighted by Gasteiger charge is -2.35. The highest BCUT2D eigenvalue weighted by Crippen LogP contribution is 2.41. The van der Waals surface area contributed by atoms with Crippen LogP contribution in [0.15, 0.2) is 16.6 Å². The predicted octanol–water partition coefficient (Wildman–Crippen LogP) is 3.87. The number of anilines is 1. The quantitative estimate of drug-likeness (QED) is 0.879. The monoisotopic (exact) mass is 340 g/mol. The van der Waals surface area contributed by atoms with Crippen molar-refractivity contribution in [3.05, 3.63) is 28.0 Å². The average Bonchev–Trinajstić information content (AvgIpc) is 3.21. The molecule has 2 aliphatic rings. The number of benzene rings is 1. The molecular formula is C16H22BrFN2. The molecule has 1 N–H and O–H groups in total. The maximum absolute atomic E-state index is 13.9. The molecule has 110 valence electrons. The zero-order valence-electron chi connectivity index (χ0n) is 12.2. The summed E-state index contributed by atoms with van der Waals surface area (Å²) in [6.07, 6.45) is 3.76. The Balaban J connectivity index is 1.90. The number of aryl methyl sites for hydroxylation is 1. The van der Waals surface area contributed by atoms with E-state index in [0.717, 1.165) is 43.2 Å². The van der Waals surface area contributed by atoms with Crippen molar-refractivity contribution in [1.82, 2.24) is 5.32 Å². The Kier molecular flexibility index (Phi) is 3.80. The molecule has 0 bridgehead atoms. The minimum atomic E-state index is -0.170. The van der Waals surface area contributed by atoms with Crippen LogP contribution in [0, 0.1) is 18.7 Å². The van der Waals surface area contributed by atoms with Crippen LogP contribution in [0.2, 0.25) is 0 Å². The van der Waals surface area contributed by atoms with Gasteiger partial charge in [-0.25, -0.2) is 4.39 Å². The van der Waals surface area contributed by atoms with Gasteiger partial charge in [-0.1, -0.05) is 0 Å². The highest BCUT2D eigenvalue weighted by Gasteiger charge is 2.43. The fraction of sp³-hybridized carbons (Fsp3) is 0.625. The Labute approximate surface area is 128 Å². The Morgan fingerprint density at radius 1 is 1.40 bits per heavy atom. The van der Waals surface area contributed by atoms with E-state index in [1.165, 1.54) is 12.8 Å². The van der Waals surface area contributed by atoms with Crippen molar-refractivity contribution in [2.75, 3.05) is 24.5 Å². The maximum Gasteiger partial charge on any atom is 0.139 e. The van der Waals surface area contributed by atoms with E-state index in [1.807, 2.05) is 6.07 Å². The first-order chi connectivity index (χ1) is 9.49. The van der Waals surface area contributed by atoms with E-state index in [0.29, 0.717) is 4.47 Å². The van der Waals surface area contributed by atoms with E-state index in [-0.39, 0.29) is 11.4 Å². The smallest absolute Gasteiger partial charge is 0.139 e. The van der Waals surface area contributed by atoms with Gasteiger partial charge in [0, 0.05) is 24.3 Å². The number of halogens is 2. The number of nitrogens with zero attached hydrogens (tertiary/aromatic N) is 1. The van der Waals surface area contributed by atoms with E-state index in [4.69, 9.17) is 0 Å². The van der Waals surface area contributed by atoms with Gasteiger partial charge in [-0.05, 0) is 79.2 Å². The number of hydrogen-bond acceptors (Lipinski definition) is 2. The van der Waals surface area contributed by atoms with Crippen LogP contribution in [-0.4, -0.2) is 25.2 Å². The second kappa shape index (κ2) is 5.30. The summed E-state index contributed by atoms with van der Waals surface area (Å²) in [4.78, 5) is 2.36. The minimum Gasteiger partial charge on any atom is -0.369 e. The van der Waals surface area contributed by atoms with Crippen LogP contribution in [0.4, 0.5) is 10.1 Å². The molecule has 1 aromatic carbocycles. The van der Waals surface area contributed by atoms with Gasteiger partial charge in [0.25, 0.3) is 0 Å². The van der Waals surface area contributed by atoms with Crippen molar-refractivity contribution in [2.45, 2.75) is 38.6 Å². The molecule has 1 saturated heterocycles. The van der Waals surface area contributed by atoms with Gasteiger partial charge in [0.1, 0.15) is 5.82 Å². The summed E-state index contributed by atoms with van der Waals surface area (Å²) in [5, 5.41) is 3.72. The molecule has 1 heterocycles. The third-order valence-corrected chi connectivity index (χ3v) is 5.32. The van der Waals surface area contributed by atoms with Crippen molar-refractivity contribution < 1.29 is 4.39 Å². The highest BCUT2D eigenvalue weighted by atomic mass is 79.9.